The van der Waals surface area contributed by atoms with Gasteiger partial charge in [0.2, 0.25) is 5.91 Å². The standard InChI is InChI=1S/C53H101NO5/c1-3-5-7-9-11-13-15-17-19-21-23-25-27-28-30-32-34-36-38-40-42-44-46-50(56)52(58)49(48-55)54-53(59)51(57)47-45-43-41-39-37-35-33-31-29-26-24-22-20-18-16-14-12-10-8-6-4-2/h23,25,30,32,38,40,49-52,55-58H,3-22,24,26-29,31,33-37,39,41-48H2,1-2H3,(H,54,59)/b25-23+,32-30+,40-38+. The number of hydrogen-bond donors (Lipinski definition) is 5. The molecule has 0 rings (SSSR count). The van der Waals surface area contributed by atoms with Gasteiger partial charge >= 0.3 is 0 Å². The summed E-state index contributed by atoms with van der Waals surface area (Å²) >= 11 is 0. The number of aliphatic hydroxyl groups excluding tert-OH is 4. The highest BCUT2D eigenvalue weighted by atomic mass is 16.3. The van der Waals surface area contributed by atoms with Crippen molar-refractivity contribution in [3.05, 3.63) is 36.5 Å². The van der Waals surface area contributed by atoms with Crippen molar-refractivity contribution in [3.8, 4) is 0 Å². The van der Waals surface area contributed by atoms with Gasteiger partial charge in [-0.15, -0.1) is 0 Å². The predicted molar refractivity (Wildman–Crippen MR) is 256 cm³/mol. The summed E-state index contributed by atoms with van der Waals surface area (Å²) in [6, 6.07) is -1.01. The first kappa shape index (κ1) is 57.5. The van der Waals surface area contributed by atoms with Crippen LogP contribution in [-0.4, -0.2) is 57.3 Å². The van der Waals surface area contributed by atoms with E-state index in [4.69, 9.17) is 0 Å². The summed E-state index contributed by atoms with van der Waals surface area (Å²) < 4.78 is 0. The van der Waals surface area contributed by atoms with E-state index in [9.17, 15) is 25.2 Å². The highest BCUT2D eigenvalue weighted by Crippen LogP contribution is 2.17. The second-order valence-electron chi connectivity index (χ2n) is 17.8. The minimum absolute atomic E-state index is 0.362. The van der Waals surface area contributed by atoms with Crippen LogP contribution in [-0.2, 0) is 4.79 Å². The zero-order valence-electron chi connectivity index (χ0n) is 39.3. The lowest BCUT2D eigenvalue weighted by atomic mass is 10.00. The zero-order valence-corrected chi connectivity index (χ0v) is 39.3. The lowest BCUT2D eigenvalue weighted by Gasteiger charge is -2.27. The van der Waals surface area contributed by atoms with Gasteiger partial charge in [0.15, 0.2) is 0 Å². The van der Waals surface area contributed by atoms with E-state index in [0.717, 1.165) is 51.4 Å². The molecule has 0 fully saturated rings. The maximum Gasteiger partial charge on any atom is 0.249 e. The summed E-state index contributed by atoms with van der Waals surface area (Å²) in [5, 5.41) is 43.8. The van der Waals surface area contributed by atoms with Gasteiger partial charge in [0, 0.05) is 0 Å². The van der Waals surface area contributed by atoms with E-state index < -0.39 is 36.9 Å². The van der Waals surface area contributed by atoms with Gasteiger partial charge in [-0.3, -0.25) is 4.79 Å². The summed E-state index contributed by atoms with van der Waals surface area (Å²) in [6.45, 7) is 4.06. The normalized spacial score (nSPS) is 14.2. The lowest BCUT2D eigenvalue weighted by Crippen LogP contribution is -2.53. The molecule has 59 heavy (non-hydrogen) atoms. The molecule has 4 unspecified atom stereocenters. The van der Waals surface area contributed by atoms with Crippen LogP contribution in [0.4, 0.5) is 0 Å². The number of amides is 1. The fourth-order valence-corrected chi connectivity index (χ4v) is 7.97. The topological polar surface area (TPSA) is 110 Å². The number of carbonyl (C=O) groups is 1. The number of rotatable bonds is 47. The summed E-state index contributed by atoms with van der Waals surface area (Å²) in [6.07, 6.45) is 57.6. The summed E-state index contributed by atoms with van der Waals surface area (Å²) in [5.74, 6) is -0.596. The maximum absolute atomic E-state index is 12.6. The van der Waals surface area contributed by atoms with Crippen molar-refractivity contribution in [2.24, 2.45) is 0 Å². The molecule has 0 aromatic rings. The molecule has 0 saturated carbocycles. The van der Waals surface area contributed by atoms with Crippen LogP contribution in [0, 0.1) is 0 Å². The van der Waals surface area contributed by atoms with Gasteiger partial charge in [0.25, 0.3) is 0 Å². The molecule has 0 spiro atoms. The third-order valence-corrected chi connectivity index (χ3v) is 12.1. The van der Waals surface area contributed by atoms with Gasteiger partial charge in [-0.1, -0.05) is 237 Å². The number of allylic oxidation sites excluding steroid dienone is 6. The molecule has 1 amide bonds. The molecule has 0 heterocycles. The third-order valence-electron chi connectivity index (χ3n) is 12.1. The Morgan fingerprint density at radius 1 is 0.407 bits per heavy atom. The second kappa shape index (κ2) is 47.6. The van der Waals surface area contributed by atoms with Crippen molar-refractivity contribution in [1.82, 2.24) is 5.32 Å². The summed E-state index contributed by atoms with van der Waals surface area (Å²) in [5.41, 5.74) is 0. The largest absolute Gasteiger partial charge is 0.394 e. The molecule has 0 aliphatic rings. The number of hydrogen-bond acceptors (Lipinski definition) is 5. The Kier molecular flexibility index (Phi) is 46.4. The smallest absolute Gasteiger partial charge is 0.249 e. The van der Waals surface area contributed by atoms with E-state index in [-0.39, 0.29) is 0 Å². The van der Waals surface area contributed by atoms with Gasteiger partial charge in [-0.25, -0.2) is 0 Å². The second-order valence-corrected chi connectivity index (χ2v) is 17.8. The molecule has 5 N–H and O–H groups in total. The third kappa shape index (κ3) is 41.6. The Morgan fingerprint density at radius 2 is 0.712 bits per heavy atom. The average Bonchev–Trinajstić information content (AvgIpc) is 3.24. The highest BCUT2D eigenvalue weighted by Gasteiger charge is 2.28. The molecular weight excluding hydrogens is 731 g/mol. The van der Waals surface area contributed by atoms with Crippen molar-refractivity contribution in [2.75, 3.05) is 6.61 Å². The molecule has 6 nitrogen and oxygen atoms in total. The van der Waals surface area contributed by atoms with Gasteiger partial charge in [0.05, 0.1) is 18.8 Å². The minimum atomic E-state index is -1.29. The Hall–Kier alpha value is -1.47. The molecule has 0 aromatic carbocycles. The van der Waals surface area contributed by atoms with Gasteiger partial charge in [0.1, 0.15) is 12.2 Å². The molecule has 0 aliphatic heterocycles. The summed E-state index contributed by atoms with van der Waals surface area (Å²) in [4.78, 5) is 12.6. The van der Waals surface area contributed by atoms with E-state index in [0.29, 0.717) is 19.3 Å². The molecule has 0 bridgehead atoms. The van der Waals surface area contributed by atoms with Crippen LogP contribution < -0.4 is 5.32 Å². The first-order chi connectivity index (χ1) is 29.0. The van der Waals surface area contributed by atoms with E-state index in [1.807, 2.05) is 0 Å². The van der Waals surface area contributed by atoms with Crippen LogP contribution in [0.25, 0.3) is 0 Å². The van der Waals surface area contributed by atoms with Crippen LogP contribution in [0.2, 0.25) is 0 Å². The number of nitrogens with one attached hydrogen (secondary N) is 1. The van der Waals surface area contributed by atoms with Crippen molar-refractivity contribution >= 4 is 5.91 Å². The van der Waals surface area contributed by atoms with Gasteiger partial charge in [-0.05, 0) is 64.2 Å². The quantitative estimate of drug-likeness (QED) is 0.0310. The fraction of sp³-hybridized carbons (Fsp3) is 0.868. The van der Waals surface area contributed by atoms with Crippen LogP contribution >= 0.6 is 0 Å². The number of aliphatic hydroxyl groups is 4. The Labute approximate surface area is 367 Å². The molecule has 4 atom stereocenters. The molecule has 0 aromatic heterocycles. The predicted octanol–water partition coefficient (Wildman–Crippen LogP) is 14.5. The number of unbranched alkanes of at least 4 members (excludes halogenated alkanes) is 32. The van der Waals surface area contributed by atoms with Crippen molar-refractivity contribution in [2.45, 2.75) is 289 Å². The molecule has 0 aliphatic carbocycles. The maximum atomic E-state index is 12.6. The lowest BCUT2D eigenvalue weighted by molar-refractivity contribution is -0.132. The van der Waals surface area contributed by atoms with E-state index in [2.05, 4.69) is 55.6 Å². The van der Waals surface area contributed by atoms with Gasteiger partial charge < -0.3 is 25.7 Å². The Morgan fingerprint density at radius 3 is 1.07 bits per heavy atom. The first-order valence-electron chi connectivity index (χ1n) is 25.9. The number of carbonyl (C=O) groups excluding carboxylic acids is 1. The molecular formula is C53H101NO5. The van der Waals surface area contributed by atoms with Crippen LogP contribution in [0.5, 0.6) is 0 Å². The monoisotopic (exact) mass is 832 g/mol. The van der Waals surface area contributed by atoms with Crippen LogP contribution in [0.3, 0.4) is 0 Å². The van der Waals surface area contributed by atoms with E-state index >= 15 is 0 Å². The van der Waals surface area contributed by atoms with Crippen LogP contribution in [0.1, 0.15) is 264 Å². The molecule has 0 saturated heterocycles. The highest BCUT2D eigenvalue weighted by molar-refractivity contribution is 5.80. The van der Waals surface area contributed by atoms with Gasteiger partial charge in [-0.2, -0.15) is 0 Å². The Balaban J connectivity index is 3.74. The SMILES string of the molecule is CCCCCCCCCCC/C=C/CC/C=C/CC/C=C/CCCC(O)C(O)C(CO)NC(=O)C(O)CCCCCCCCCCCCCCCCCCCCCCC. The minimum Gasteiger partial charge on any atom is -0.394 e. The van der Waals surface area contributed by atoms with Crippen molar-refractivity contribution in [1.29, 1.82) is 0 Å². The molecule has 6 heteroatoms. The van der Waals surface area contributed by atoms with Crippen molar-refractivity contribution in [3.63, 3.8) is 0 Å². The van der Waals surface area contributed by atoms with Crippen LogP contribution in [0.15, 0.2) is 36.5 Å². The van der Waals surface area contributed by atoms with Crippen molar-refractivity contribution < 1.29 is 25.2 Å². The first-order valence-corrected chi connectivity index (χ1v) is 25.9. The summed E-state index contributed by atoms with van der Waals surface area (Å²) in [7, 11) is 0. The Bertz CT molecular complexity index is 935. The molecule has 348 valence electrons. The molecule has 0 radical (unpaired) electrons. The van der Waals surface area contributed by atoms with E-state index in [1.165, 1.54) is 180 Å². The van der Waals surface area contributed by atoms with E-state index in [1.54, 1.807) is 0 Å². The fourth-order valence-electron chi connectivity index (χ4n) is 7.97. The zero-order chi connectivity index (χ0) is 43.1. The average molecular weight is 832 g/mol.